The number of fused-ring (bicyclic) bond motifs is 1. The second-order valence-electron chi connectivity index (χ2n) is 7.86. The van der Waals surface area contributed by atoms with Crippen LogP contribution >= 0.6 is 23.2 Å². The van der Waals surface area contributed by atoms with Gasteiger partial charge in [-0.2, -0.15) is 0 Å². The van der Waals surface area contributed by atoms with Crippen molar-refractivity contribution in [2.75, 3.05) is 6.61 Å². The molecule has 0 bridgehead atoms. The van der Waals surface area contributed by atoms with Crippen molar-refractivity contribution in [2.45, 2.75) is 39.4 Å². The van der Waals surface area contributed by atoms with Gasteiger partial charge >= 0.3 is 0 Å². The fourth-order valence-electron chi connectivity index (χ4n) is 3.37. The Morgan fingerprint density at radius 1 is 1.00 bits per heavy atom. The van der Waals surface area contributed by atoms with Crippen LogP contribution in [0.4, 0.5) is 0 Å². The molecule has 5 nitrogen and oxygen atoms in total. The number of hydrogen-bond donors (Lipinski definition) is 1. The van der Waals surface area contributed by atoms with Crippen LogP contribution in [0.25, 0.3) is 10.8 Å². The minimum atomic E-state index is -0.715. The Hall–Kier alpha value is -2.76. The van der Waals surface area contributed by atoms with Gasteiger partial charge in [0, 0.05) is 28.0 Å². The molecule has 0 saturated heterocycles. The summed E-state index contributed by atoms with van der Waals surface area (Å²) in [5.41, 5.74) is 0.693. The van der Waals surface area contributed by atoms with Gasteiger partial charge in [0.25, 0.3) is 5.91 Å². The van der Waals surface area contributed by atoms with E-state index in [9.17, 15) is 9.59 Å². The molecule has 0 aliphatic rings. The largest absolute Gasteiger partial charge is 0.483 e. The predicted molar refractivity (Wildman–Crippen MR) is 129 cm³/mol. The predicted octanol–water partition coefficient (Wildman–Crippen LogP) is 5.47. The number of ether oxygens (including phenoxy) is 1. The Morgan fingerprint density at radius 2 is 1.72 bits per heavy atom. The van der Waals surface area contributed by atoms with Gasteiger partial charge in [0.05, 0.1) is 0 Å². The maximum absolute atomic E-state index is 13.2. The van der Waals surface area contributed by atoms with Gasteiger partial charge in [-0.1, -0.05) is 65.7 Å². The number of nitrogens with zero attached hydrogens (tertiary/aromatic N) is 1. The summed E-state index contributed by atoms with van der Waals surface area (Å²) >= 11 is 12.3. The van der Waals surface area contributed by atoms with E-state index in [1.54, 1.807) is 25.1 Å². The summed E-state index contributed by atoms with van der Waals surface area (Å²) in [6.45, 7) is 5.38. The van der Waals surface area contributed by atoms with Crippen molar-refractivity contribution in [2.24, 2.45) is 0 Å². The second-order valence-corrected chi connectivity index (χ2v) is 8.71. The third-order valence-corrected chi connectivity index (χ3v) is 5.64. The molecule has 0 fully saturated rings. The molecule has 3 aromatic rings. The molecule has 0 saturated carbocycles. The number of nitrogens with one attached hydrogen (secondary N) is 1. The molecule has 0 aliphatic heterocycles. The Morgan fingerprint density at radius 3 is 2.44 bits per heavy atom. The SMILES string of the molecule is CC(C)NC(=O)C(C)N(Cc1ccc(Cl)cc1Cl)C(=O)COc1cccc2ccccc12. The maximum atomic E-state index is 13.2. The first-order valence-electron chi connectivity index (χ1n) is 10.4. The van der Waals surface area contributed by atoms with Crippen molar-refractivity contribution in [3.05, 3.63) is 76.3 Å². The van der Waals surface area contributed by atoms with Gasteiger partial charge in [-0.05, 0) is 49.9 Å². The fourth-order valence-corrected chi connectivity index (χ4v) is 3.83. The zero-order valence-electron chi connectivity index (χ0n) is 18.3. The summed E-state index contributed by atoms with van der Waals surface area (Å²) in [5.74, 6) is 0.0409. The molecule has 168 valence electrons. The van der Waals surface area contributed by atoms with E-state index in [0.29, 0.717) is 21.4 Å². The van der Waals surface area contributed by atoms with E-state index >= 15 is 0 Å². The zero-order valence-corrected chi connectivity index (χ0v) is 19.8. The molecule has 1 unspecified atom stereocenters. The highest BCUT2D eigenvalue weighted by Crippen LogP contribution is 2.26. The van der Waals surface area contributed by atoms with Crippen molar-refractivity contribution in [1.29, 1.82) is 0 Å². The lowest BCUT2D eigenvalue weighted by atomic mass is 10.1. The molecule has 7 heteroatoms. The molecule has 0 aromatic heterocycles. The Labute approximate surface area is 198 Å². The molecular weight excluding hydrogens is 447 g/mol. The number of rotatable bonds is 8. The van der Waals surface area contributed by atoms with Crippen molar-refractivity contribution in [3.63, 3.8) is 0 Å². The van der Waals surface area contributed by atoms with Gasteiger partial charge in [-0.25, -0.2) is 0 Å². The first-order chi connectivity index (χ1) is 15.3. The average Bonchev–Trinajstić information content (AvgIpc) is 2.76. The molecule has 0 radical (unpaired) electrons. The third-order valence-electron chi connectivity index (χ3n) is 5.05. The molecule has 0 aliphatic carbocycles. The van der Waals surface area contributed by atoms with E-state index < -0.39 is 6.04 Å². The molecule has 1 atom stereocenters. The monoisotopic (exact) mass is 472 g/mol. The molecule has 3 aromatic carbocycles. The standard InChI is InChI=1S/C25H26Cl2N2O3/c1-16(2)28-25(31)17(3)29(14-19-11-12-20(26)13-22(19)27)24(30)15-32-23-10-6-8-18-7-4-5-9-21(18)23/h4-13,16-17H,14-15H2,1-3H3,(H,28,31). The average molecular weight is 473 g/mol. The van der Waals surface area contributed by atoms with E-state index in [4.69, 9.17) is 27.9 Å². The summed E-state index contributed by atoms with van der Waals surface area (Å²) < 4.78 is 5.88. The van der Waals surface area contributed by atoms with Crippen LogP contribution in [0.5, 0.6) is 5.75 Å². The number of benzene rings is 3. The van der Waals surface area contributed by atoms with Crippen LogP contribution in [0.1, 0.15) is 26.3 Å². The molecule has 0 spiro atoms. The van der Waals surface area contributed by atoms with E-state index in [-0.39, 0.29) is 31.0 Å². The summed E-state index contributed by atoms with van der Waals surface area (Å²) in [6, 6.07) is 17.8. The molecular formula is C25H26Cl2N2O3. The molecule has 3 rings (SSSR count). The van der Waals surface area contributed by atoms with Crippen LogP contribution in [0.15, 0.2) is 60.7 Å². The van der Waals surface area contributed by atoms with E-state index in [0.717, 1.165) is 10.8 Å². The molecule has 0 heterocycles. The van der Waals surface area contributed by atoms with Gasteiger partial charge in [0.1, 0.15) is 11.8 Å². The van der Waals surface area contributed by atoms with Crippen LogP contribution < -0.4 is 10.1 Å². The zero-order chi connectivity index (χ0) is 23.3. The molecule has 32 heavy (non-hydrogen) atoms. The number of carbonyl (C=O) groups is 2. The molecule has 2 amide bonds. The number of carbonyl (C=O) groups excluding carboxylic acids is 2. The minimum Gasteiger partial charge on any atom is -0.483 e. The number of hydrogen-bond acceptors (Lipinski definition) is 3. The number of amides is 2. The lowest BCUT2D eigenvalue weighted by Crippen LogP contribution is -2.50. The van der Waals surface area contributed by atoms with Crippen molar-refractivity contribution in [3.8, 4) is 5.75 Å². The third kappa shape index (κ3) is 5.93. The first kappa shape index (κ1) is 23.9. The van der Waals surface area contributed by atoms with Crippen LogP contribution in [-0.2, 0) is 16.1 Å². The van der Waals surface area contributed by atoms with E-state index in [1.165, 1.54) is 4.90 Å². The van der Waals surface area contributed by atoms with Crippen LogP contribution in [0.2, 0.25) is 10.0 Å². The smallest absolute Gasteiger partial charge is 0.261 e. The minimum absolute atomic E-state index is 0.0482. The van der Waals surface area contributed by atoms with Gasteiger partial charge in [-0.15, -0.1) is 0 Å². The Bertz CT molecular complexity index is 1110. The van der Waals surface area contributed by atoms with Gasteiger partial charge in [0.2, 0.25) is 5.91 Å². The summed E-state index contributed by atoms with van der Waals surface area (Å²) in [7, 11) is 0. The summed E-state index contributed by atoms with van der Waals surface area (Å²) in [4.78, 5) is 27.4. The lowest BCUT2D eigenvalue weighted by Gasteiger charge is -2.29. The van der Waals surface area contributed by atoms with E-state index in [1.807, 2.05) is 56.3 Å². The Balaban J connectivity index is 1.82. The first-order valence-corrected chi connectivity index (χ1v) is 11.2. The topological polar surface area (TPSA) is 58.6 Å². The van der Waals surface area contributed by atoms with Crippen molar-refractivity contribution >= 4 is 45.8 Å². The highest BCUT2D eigenvalue weighted by molar-refractivity contribution is 6.35. The molecule has 1 N–H and O–H groups in total. The highest BCUT2D eigenvalue weighted by atomic mass is 35.5. The maximum Gasteiger partial charge on any atom is 0.261 e. The highest BCUT2D eigenvalue weighted by Gasteiger charge is 2.27. The van der Waals surface area contributed by atoms with Crippen LogP contribution in [0.3, 0.4) is 0 Å². The van der Waals surface area contributed by atoms with Gasteiger partial charge in [0.15, 0.2) is 6.61 Å². The normalized spacial score (nSPS) is 11.9. The van der Waals surface area contributed by atoms with Gasteiger partial charge < -0.3 is 15.0 Å². The quantitative estimate of drug-likeness (QED) is 0.472. The second kappa shape index (κ2) is 10.7. The lowest BCUT2D eigenvalue weighted by molar-refractivity contribution is -0.142. The van der Waals surface area contributed by atoms with Crippen LogP contribution in [0, 0.1) is 0 Å². The summed E-state index contributed by atoms with van der Waals surface area (Å²) in [5, 5.41) is 5.73. The van der Waals surface area contributed by atoms with Gasteiger partial charge in [-0.3, -0.25) is 9.59 Å². The Kier molecular flexibility index (Phi) is 7.99. The van der Waals surface area contributed by atoms with Crippen molar-refractivity contribution < 1.29 is 14.3 Å². The van der Waals surface area contributed by atoms with Crippen molar-refractivity contribution in [1.82, 2.24) is 10.2 Å². The van der Waals surface area contributed by atoms with E-state index in [2.05, 4.69) is 5.32 Å². The fraction of sp³-hybridized carbons (Fsp3) is 0.280. The van der Waals surface area contributed by atoms with Crippen LogP contribution in [-0.4, -0.2) is 35.4 Å². The summed E-state index contributed by atoms with van der Waals surface area (Å²) in [6.07, 6.45) is 0. The number of halogens is 2.